The second kappa shape index (κ2) is 5.99. The number of hydrogen-bond acceptors (Lipinski definition) is 4. The Morgan fingerprint density at radius 3 is 2.95 bits per heavy atom. The Labute approximate surface area is 113 Å². The molecule has 3 rings (SSSR count). The van der Waals surface area contributed by atoms with Crippen molar-refractivity contribution in [1.29, 1.82) is 0 Å². The first-order valence-corrected chi connectivity index (χ1v) is 6.79. The van der Waals surface area contributed by atoms with E-state index in [2.05, 4.69) is 45.7 Å². The molecule has 0 bridgehead atoms. The topological polar surface area (TPSA) is 41.3 Å². The SMILES string of the molecule is c1ccc(CN2CCC(NCc3ccon3)C2)cc1. The van der Waals surface area contributed by atoms with Crippen LogP contribution in [0.15, 0.2) is 47.2 Å². The average Bonchev–Trinajstić information content (AvgIpc) is 3.09. The molecule has 4 heteroatoms. The first-order chi connectivity index (χ1) is 9.40. The Morgan fingerprint density at radius 2 is 2.16 bits per heavy atom. The van der Waals surface area contributed by atoms with Gasteiger partial charge >= 0.3 is 0 Å². The summed E-state index contributed by atoms with van der Waals surface area (Å²) in [5, 5.41) is 7.45. The number of nitrogens with one attached hydrogen (secondary N) is 1. The fraction of sp³-hybridized carbons (Fsp3) is 0.400. The maximum Gasteiger partial charge on any atom is 0.124 e. The molecule has 1 aromatic heterocycles. The van der Waals surface area contributed by atoms with E-state index < -0.39 is 0 Å². The summed E-state index contributed by atoms with van der Waals surface area (Å²) < 4.78 is 4.83. The molecule has 1 atom stereocenters. The molecule has 0 saturated carbocycles. The lowest BCUT2D eigenvalue weighted by atomic mass is 10.2. The van der Waals surface area contributed by atoms with Crippen LogP contribution in [0.25, 0.3) is 0 Å². The first kappa shape index (κ1) is 12.4. The zero-order valence-corrected chi connectivity index (χ0v) is 11.0. The van der Waals surface area contributed by atoms with E-state index in [9.17, 15) is 0 Å². The molecule has 0 aliphatic carbocycles. The third kappa shape index (κ3) is 3.43. The standard InChI is InChI=1S/C15H19N3O/c1-2-4-13(5-3-1)11-18-8-6-15(12-18)16-10-14-7-9-19-17-14/h1-5,7,9,15-16H,6,8,10-12H2. The van der Waals surface area contributed by atoms with Gasteiger partial charge in [-0.15, -0.1) is 0 Å². The summed E-state index contributed by atoms with van der Waals surface area (Å²) >= 11 is 0. The third-order valence-corrected chi connectivity index (χ3v) is 3.58. The molecule has 2 aromatic rings. The van der Waals surface area contributed by atoms with Gasteiger partial charge in [-0.2, -0.15) is 0 Å². The highest BCUT2D eigenvalue weighted by Gasteiger charge is 2.21. The van der Waals surface area contributed by atoms with E-state index in [1.54, 1.807) is 6.26 Å². The van der Waals surface area contributed by atoms with Crippen LogP contribution in [-0.4, -0.2) is 29.2 Å². The molecule has 100 valence electrons. The fourth-order valence-corrected chi connectivity index (χ4v) is 2.56. The maximum atomic E-state index is 4.83. The van der Waals surface area contributed by atoms with Gasteiger partial charge in [-0.3, -0.25) is 4.90 Å². The van der Waals surface area contributed by atoms with Crippen molar-refractivity contribution in [2.45, 2.75) is 25.6 Å². The molecule has 2 heterocycles. The Morgan fingerprint density at radius 1 is 1.26 bits per heavy atom. The zero-order chi connectivity index (χ0) is 12.9. The van der Waals surface area contributed by atoms with Crippen molar-refractivity contribution in [1.82, 2.24) is 15.4 Å². The summed E-state index contributed by atoms with van der Waals surface area (Å²) in [4.78, 5) is 2.50. The number of benzene rings is 1. The number of hydrogen-bond donors (Lipinski definition) is 1. The second-order valence-electron chi connectivity index (χ2n) is 5.08. The molecule has 4 nitrogen and oxygen atoms in total. The van der Waals surface area contributed by atoms with Crippen LogP contribution in [0.1, 0.15) is 17.7 Å². The molecule has 0 amide bonds. The smallest absolute Gasteiger partial charge is 0.124 e. The lowest BCUT2D eigenvalue weighted by molar-refractivity contribution is 0.319. The molecule has 1 N–H and O–H groups in total. The molecule has 1 saturated heterocycles. The van der Waals surface area contributed by atoms with Crippen molar-refractivity contribution < 1.29 is 4.52 Å². The largest absolute Gasteiger partial charge is 0.364 e. The van der Waals surface area contributed by atoms with Gasteiger partial charge in [-0.1, -0.05) is 35.5 Å². The molecule has 1 aliphatic rings. The monoisotopic (exact) mass is 257 g/mol. The minimum atomic E-state index is 0.556. The lowest BCUT2D eigenvalue weighted by Crippen LogP contribution is -2.32. The minimum Gasteiger partial charge on any atom is -0.364 e. The van der Waals surface area contributed by atoms with Crippen molar-refractivity contribution in [2.75, 3.05) is 13.1 Å². The molecule has 19 heavy (non-hydrogen) atoms. The Kier molecular flexibility index (Phi) is 3.91. The van der Waals surface area contributed by atoms with Crippen LogP contribution in [0.4, 0.5) is 0 Å². The second-order valence-corrected chi connectivity index (χ2v) is 5.08. The van der Waals surface area contributed by atoms with Crippen molar-refractivity contribution >= 4 is 0 Å². The van der Waals surface area contributed by atoms with Crippen molar-refractivity contribution in [3.8, 4) is 0 Å². The van der Waals surface area contributed by atoms with E-state index in [0.29, 0.717) is 6.04 Å². The zero-order valence-electron chi connectivity index (χ0n) is 11.0. The van der Waals surface area contributed by atoms with E-state index in [-0.39, 0.29) is 0 Å². The minimum absolute atomic E-state index is 0.556. The maximum absolute atomic E-state index is 4.83. The highest BCUT2D eigenvalue weighted by Crippen LogP contribution is 2.13. The molecule has 1 aliphatic heterocycles. The molecule has 0 spiro atoms. The molecule has 1 fully saturated rings. The number of rotatable bonds is 5. The van der Waals surface area contributed by atoms with Gasteiger partial charge < -0.3 is 9.84 Å². The fourth-order valence-electron chi connectivity index (χ4n) is 2.56. The van der Waals surface area contributed by atoms with E-state index in [1.807, 2.05) is 6.07 Å². The highest BCUT2D eigenvalue weighted by molar-refractivity contribution is 5.14. The third-order valence-electron chi connectivity index (χ3n) is 3.58. The number of nitrogens with zero attached hydrogens (tertiary/aromatic N) is 2. The van der Waals surface area contributed by atoms with E-state index in [1.165, 1.54) is 12.0 Å². The molecule has 1 aromatic carbocycles. The predicted octanol–water partition coefficient (Wildman–Crippen LogP) is 2.04. The quantitative estimate of drug-likeness (QED) is 0.890. The van der Waals surface area contributed by atoms with Crippen LogP contribution in [0.3, 0.4) is 0 Å². The van der Waals surface area contributed by atoms with E-state index in [0.717, 1.165) is 31.9 Å². The first-order valence-electron chi connectivity index (χ1n) is 6.79. The molecular weight excluding hydrogens is 238 g/mol. The normalized spacial score (nSPS) is 19.9. The lowest BCUT2D eigenvalue weighted by Gasteiger charge is -2.16. The van der Waals surface area contributed by atoms with Crippen LogP contribution in [0, 0.1) is 0 Å². The van der Waals surface area contributed by atoms with Gasteiger partial charge in [0.15, 0.2) is 0 Å². The van der Waals surface area contributed by atoms with Crippen LogP contribution in [0.2, 0.25) is 0 Å². The Bertz CT molecular complexity index is 483. The van der Waals surface area contributed by atoms with Gasteiger partial charge in [0, 0.05) is 38.3 Å². The van der Waals surface area contributed by atoms with Crippen molar-refractivity contribution in [2.24, 2.45) is 0 Å². The summed E-state index contributed by atoms with van der Waals surface area (Å²) in [6.45, 7) is 4.10. The number of aromatic nitrogens is 1. The van der Waals surface area contributed by atoms with Gasteiger partial charge in [0.2, 0.25) is 0 Å². The van der Waals surface area contributed by atoms with Gasteiger partial charge in [0.25, 0.3) is 0 Å². The van der Waals surface area contributed by atoms with Crippen LogP contribution in [-0.2, 0) is 13.1 Å². The predicted molar refractivity (Wildman–Crippen MR) is 73.5 cm³/mol. The van der Waals surface area contributed by atoms with Crippen LogP contribution >= 0.6 is 0 Å². The van der Waals surface area contributed by atoms with E-state index >= 15 is 0 Å². The summed E-state index contributed by atoms with van der Waals surface area (Å²) in [7, 11) is 0. The Hall–Kier alpha value is -1.65. The van der Waals surface area contributed by atoms with Gasteiger partial charge in [0.05, 0.1) is 5.69 Å². The van der Waals surface area contributed by atoms with E-state index in [4.69, 9.17) is 4.52 Å². The summed E-state index contributed by atoms with van der Waals surface area (Å²) in [6, 6.07) is 13.1. The summed E-state index contributed by atoms with van der Waals surface area (Å²) in [6.07, 6.45) is 2.82. The van der Waals surface area contributed by atoms with Crippen molar-refractivity contribution in [3.63, 3.8) is 0 Å². The van der Waals surface area contributed by atoms with Crippen LogP contribution < -0.4 is 5.32 Å². The number of likely N-dealkylation sites (tertiary alicyclic amines) is 1. The molecule has 0 radical (unpaired) electrons. The molecular formula is C15H19N3O. The Balaban J connectivity index is 1.45. The van der Waals surface area contributed by atoms with Gasteiger partial charge in [0.1, 0.15) is 6.26 Å². The highest BCUT2D eigenvalue weighted by atomic mass is 16.5. The van der Waals surface area contributed by atoms with Crippen molar-refractivity contribution in [3.05, 3.63) is 53.9 Å². The summed E-state index contributed by atoms with van der Waals surface area (Å²) in [5.74, 6) is 0. The van der Waals surface area contributed by atoms with Gasteiger partial charge in [-0.25, -0.2) is 0 Å². The average molecular weight is 257 g/mol. The van der Waals surface area contributed by atoms with Gasteiger partial charge in [-0.05, 0) is 12.0 Å². The summed E-state index contributed by atoms with van der Waals surface area (Å²) in [5.41, 5.74) is 2.36. The van der Waals surface area contributed by atoms with Crippen LogP contribution in [0.5, 0.6) is 0 Å². The molecule has 1 unspecified atom stereocenters.